The van der Waals surface area contributed by atoms with Gasteiger partial charge in [-0.15, -0.1) is 11.8 Å². The molecule has 33 heavy (non-hydrogen) atoms. The largest absolute Gasteiger partial charge is 0.330 e. The number of rotatable bonds is 7. The van der Waals surface area contributed by atoms with Crippen molar-refractivity contribution in [1.29, 1.82) is 0 Å². The number of fused-ring (bicyclic) bond motifs is 1. The number of hydrogen-bond donors (Lipinski definition) is 1. The fourth-order valence-electron chi connectivity index (χ4n) is 3.56. The van der Waals surface area contributed by atoms with Gasteiger partial charge in [0.05, 0.1) is 29.4 Å². The smallest absolute Gasteiger partial charge is 0.317 e. The van der Waals surface area contributed by atoms with Crippen LogP contribution in [0.5, 0.6) is 0 Å². The Kier molecular flexibility index (Phi) is 7.71. The number of benzene rings is 2. The number of nitrogens with one attached hydrogen (secondary N) is 1. The summed E-state index contributed by atoms with van der Waals surface area (Å²) in [5.74, 6) is 0.143. The van der Waals surface area contributed by atoms with Crippen molar-refractivity contribution in [1.82, 2.24) is 14.5 Å². The number of aliphatic imine (C=N–C) groups is 1. The van der Waals surface area contributed by atoms with E-state index in [1.165, 1.54) is 35.3 Å². The molecule has 0 atom stereocenters. The van der Waals surface area contributed by atoms with Crippen molar-refractivity contribution >= 4 is 40.6 Å². The third kappa shape index (κ3) is 5.34. The number of aryl methyl sites for hydroxylation is 1. The van der Waals surface area contributed by atoms with E-state index in [-0.39, 0.29) is 12.3 Å². The highest BCUT2D eigenvalue weighted by Gasteiger charge is 2.14. The molecule has 8 heteroatoms. The van der Waals surface area contributed by atoms with Crippen molar-refractivity contribution in [2.75, 3.05) is 6.26 Å². The molecule has 0 fully saturated rings. The lowest BCUT2D eigenvalue weighted by Gasteiger charge is -2.10. The monoisotopic (exact) mass is 464 g/mol. The van der Waals surface area contributed by atoms with E-state index in [2.05, 4.69) is 36.3 Å². The Morgan fingerprint density at radius 1 is 1.09 bits per heavy atom. The van der Waals surface area contributed by atoms with Gasteiger partial charge in [0.15, 0.2) is 0 Å². The van der Waals surface area contributed by atoms with Gasteiger partial charge < -0.3 is 5.32 Å². The maximum absolute atomic E-state index is 12.7. The van der Waals surface area contributed by atoms with E-state index in [0.717, 1.165) is 15.8 Å². The third-order valence-electron chi connectivity index (χ3n) is 5.47. The molecule has 172 valence electrons. The standard InChI is InChI=1S/C25H28N4O3S/c1-16(2)17-9-11-18(12-10-17)20(14-33-5)26-15-27-22(30)13-19-7-6-8-21-23(19)24(31)29(4)25(32)28(21)3/h6-12,14-16H,13H2,1-5H3,(H,26,27,30)/b20-14-. The van der Waals surface area contributed by atoms with Gasteiger partial charge in [0.25, 0.3) is 5.56 Å². The average molecular weight is 465 g/mol. The first-order chi connectivity index (χ1) is 15.7. The van der Waals surface area contributed by atoms with Crippen LogP contribution in [-0.2, 0) is 25.3 Å². The summed E-state index contributed by atoms with van der Waals surface area (Å²) in [7, 11) is 3.04. The number of carbonyl (C=O) groups excluding carboxylic acids is 1. The highest BCUT2D eigenvalue weighted by atomic mass is 32.2. The minimum absolute atomic E-state index is 0.0124. The Balaban J connectivity index is 1.79. The van der Waals surface area contributed by atoms with Crippen LogP contribution >= 0.6 is 11.8 Å². The first-order valence-electron chi connectivity index (χ1n) is 10.6. The van der Waals surface area contributed by atoms with Gasteiger partial charge in [-0.3, -0.25) is 18.7 Å². The fourth-order valence-corrected chi connectivity index (χ4v) is 3.98. The molecule has 0 saturated carbocycles. The lowest BCUT2D eigenvalue weighted by Crippen LogP contribution is -2.37. The summed E-state index contributed by atoms with van der Waals surface area (Å²) in [6.45, 7) is 4.29. The second-order valence-electron chi connectivity index (χ2n) is 8.04. The second-order valence-corrected chi connectivity index (χ2v) is 8.74. The first-order valence-corrected chi connectivity index (χ1v) is 11.9. The van der Waals surface area contributed by atoms with Crippen LogP contribution in [-0.4, -0.2) is 27.6 Å². The van der Waals surface area contributed by atoms with Crippen LogP contribution in [0.3, 0.4) is 0 Å². The number of nitrogens with zero attached hydrogens (tertiary/aromatic N) is 3. The average Bonchev–Trinajstić information content (AvgIpc) is 2.80. The highest BCUT2D eigenvalue weighted by Crippen LogP contribution is 2.22. The lowest BCUT2D eigenvalue weighted by molar-refractivity contribution is -0.118. The topological polar surface area (TPSA) is 85.5 Å². The van der Waals surface area contributed by atoms with Gasteiger partial charge in [-0.25, -0.2) is 9.79 Å². The zero-order valence-corrected chi connectivity index (χ0v) is 20.3. The van der Waals surface area contributed by atoms with Crippen LogP contribution < -0.4 is 16.6 Å². The molecule has 0 aliphatic carbocycles. The van der Waals surface area contributed by atoms with Crippen LogP contribution in [0.1, 0.15) is 36.5 Å². The molecule has 0 unspecified atom stereocenters. The van der Waals surface area contributed by atoms with Crippen LogP contribution in [0.15, 0.2) is 62.5 Å². The van der Waals surface area contributed by atoms with Gasteiger partial charge in [0.2, 0.25) is 5.91 Å². The van der Waals surface area contributed by atoms with Gasteiger partial charge in [-0.05, 0) is 34.8 Å². The molecule has 0 aliphatic rings. The van der Waals surface area contributed by atoms with Crippen molar-refractivity contribution in [2.45, 2.75) is 26.2 Å². The van der Waals surface area contributed by atoms with E-state index in [0.29, 0.717) is 22.4 Å². The van der Waals surface area contributed by atoms with Crippen molar-refractivity contribution in [3.63, 3.8) is 0 Å². The fraction of sp³-hybridized carbons (Fsp3) is 0.280. The van der Waals surface area contributed by atoms with Crippen LogP contribution in [0.4, 0.5) is 0 Å². The Bertz CT molecular complexity index is 1350. The van der Waals surface area contributed by atoms with Crippen molar-refractivity contribution in [2.24, 2.45) is 19.1 Å². The van der Waals surface area contributed by atoms with Crippen LogP contribution in [0, 0.1) is 0 Å². The molecular formula is C25H28N4O3S. The number of thioether (sulfide) groups is 1. The summed E-state index contributed by atoms with van der Waals surface area (Å²) in [6, 6.07) is 13.4. The van der Waals surface area contributed by atoms with Gasteiger partial charge in [0, 0.05) is 19.7 Å². The molecule has 0 bridgehead atoms. The van der Waals surface area contributed by atoms with Gasteiger partial charge in [-0.2, -0.15) is 0 Å². The zero-order valence-electron chi connectivity index (χ0n) is 19.5. The molecule has 0 aliphatic heterocycles. The molecule has 0 radical (unpaired) electrons. The molecule has 7 nitrogen and oxygen atoms in total. The summed E-state index contributed by atoms with van der Waals surface area (Å²) in [5.41, 5.74) is 3.18. The summed E-state index contributed by atoms with van der Waals surface area (Å²) in [5, 5.41) is 4.97. The number of hydrogen-bond acceptors (Lipinski definition) is 5. The Morgan fingerprint density at radius 2 is 1.79 bits per heavy atom. The minimum Gasteiger partial charge on any atom is -0.317 e. The molecule has 2 aromatic carbocycles. The van der Waals surface area contributed by atoms with Crippen molar-refractivity contribution < 1.29 is 4.79 Å². The molecule has 0 saturated heterocycles. The van der Waals surface area contributed by atoms with E-state index >= 15 is 0 Å². The quantitative estimate of drug-likeness (QED) is 0.429. The maximum Gasteiger partial charge on any atom is 0.330 e. The molecule has 0 spiro atoms. The van der Waals surface area contributed by atoms with Gasteiger partial charge in [0.1, 0.15) is 0 Å². The van der Waals surface area contributed by atoms with Crippen molar-refractivity contribution in [3.8, 4) is 0 Å². The van der Waals surface area contributed by atoms with Crippen molar-refractivity contribution in [3.05, 3.63) is 85.4 Å². The van der Waals surface area contributed by atoms with Gasteiger partial charge in [-0.1, -0.05) is 50.2 Å². The van der Waals surface area contributed by atoms with E-state index in [1.807, 2.05) is 23.8 Å². The Labute approximate surface area is 196 Å². The predicted octanol–water partition coefficient (Wildman–Crippen LogP) is 3.41. The predicted molar refractivity (Wildman–Crippen MR) is 137 cm³/mol. The Morgan fingerprint density at radius 3 is 2.42 bits per heavy atom. The number of carbonyl (C=O) groups is 1. The molecule has 1 heterocycles. The highest BCUT2D eigenvalue weighted by molar-refractivity contribution is 8.01. The van der Waals surface area contributed by atoms with E-state index in [9.17, 15) is 14.4 Å². The summed E-state index contributed by atoms with van der Waals surface area (Å²) in [6.07, 6.45) is 3.31. The number of aromatic nitrogens is 2. The van der Waals surface area contributed by atoms with E-state index < -0.39 is 11.2 Å². The van der Waals surface area contributed by atoms with E-state index in [1.54, 1.807) is 25.2 Å². The first kappa shape index (κ1) is 24.3. The second kappa shape index (κ2) is 10.5. The zero-order chi connectivity index (χ0) is 24.1. The SMILES string of the molecule is CS/C=C(\N=C\NC(=O)Cc1cccc2c1c(=O)n(C)c(=O)n2C)c1ccc(C(C)C)cc1. The van der Waals surface area contributed by atoms with Gasteiger partial charge >= 0.3 is 5.69 Å². The molecule has 1 N–H and O–H groups in total. The molecule has 3 aromatic rings. The van der Waals surface area contributed by atoms with E-state index in [4.69, 9.17) is 0 Å². The summed E-state index contributed by atoms with van der Waals surface area (Å²) in [4.78, 5) is 41.9. The maximum atomic E-state index is 12.7. The molecule has 1 amide bonds. The molecule has 1 aromatic heterocycles. The summed E-state index contributed by atoms with van der Waals surface area (Å²) >= 11 is 1.53. The third-order valence-corrected chi connectivity index (χ3v) is 5.92. The minimum atomic E-state index is -0.416. The normalized spacial score (nSPS) is 12.1. The lowest BCUT2D eigenvalue weighted by atomic mass is 10.0. The van der Waals surface area contributed by atoms with Crippen LogP contribution in [0.2, 0.25) is 0 Å². The Hall–Kier alpha value is -3.39. The molecular weight excluding hydrogens is 436 g/mol. The summed E-state index contributed by atoms with van der Waals surface area (Å²) < 4.78 is 2.46. The molecule has 3 rings (SSSR count). The number of amides is 1. The van der Waals surface area contributed by atoms with Crippen LogP contribution in [0.25, 0.3) is 16.6 Å².